The van der Waals surface area contributed by atoms with E-state index in [1.54, 1.807) is 0 Å². The molecule has 0 saturated carbocycles. The molecule has 1 aromatic carbocycles. The Hall–Kier alpha value is -1.71. The molecule has 0 aliphatic carbocycles. The smallest absolute Gasteiger partial charge is 0.0571 e. The molecule has 21 heavy (non-hydrogen) atoms. The molecule has 0 aliphatic heterocycles. The highest BCUT2D eigenvalue weighted by Crippen LogP contribution is 2.42. The number of nitrogens with two attached hydrogens (primary N) is 1. The molecule has 1 atom stereocenters. The number of benzene rings is 1. The summed E-state index contributed by atoms with van der Waals surface area (Å²) < 4.78 is 0. The van der Waals surface area contributed by atoms with E-state index in [1.165, 1.54) is 5.56 Å². The van der Waals surface area contributed by atoms with Crippen molar-refractivity contribution in [1.29, 1.82) is 0 Å². The van der Waals surface area contributed by atoms with Gasteiger partial charge in [-0.15, -0.1) is 0 Å². The summed E-state index contributed by atoms with van der Waals surface area (Å²) in [4.78, 5) is 4.33. The van der Waals surface area contributed by atoms with Gasteiger partial charge in [0.15, 0.2) is 0 Å². The first-order valence-electron chi connectivity index (χ1n) is 7.61. The SMILES string of the molecule is CCC(CC)(c1ccccc1)C(NN)c1cncc(C)c1. The number of aryl methyl sites for hydroxylation is 1. The van der Waals surface area contributed by atoms with Gasteiger partial charge in [-0.25, -0.2) is 0 Å². The topological polar surface area (TPSA) is 50.9 Å². The first-order valence-corrected chi connectivity index (χ1v) is 7.61. The largest absolute Gasteiger partial charge is 0.271 e. The summed E-state index contributed by atoms with van der Waals surface area (Å²) in [5.41, 5.74) is 6.63. The summed E-state index contributed by atoms with van der Waals surface area (Å²) in [6.45, 7) is 6.51. The molecule has 3 nitrogen and oxygen atoms in total. The van der Waals surface area contributed by atoms with E-state index in [0.29, 0.717) is 0 Å². The summed E-state index contributed by atoms with van der Waals surface area (Å²) >= 11 is 0. The van der Waals surface area contributed by atoms with Crippen LogP contribution in [0.1, 0.15) is 49.4 Å². The Labute approximate surface area is 127 Å². The van der Waals surface area contributed by atoms with Gasteiger partial charge in [-0.2, -0.15) is 0 Å². The fraction of sp³-hybridized carbons (Fsp3) is 0.389. The van der Waals surface area contributed by atoms with E-state index in [2.05, 4.69) is 67.6 Å². The fourth-order valence-corrected chi connectivity index (χ4v) is 3.31. The average Bonchev–Trinajstić information content (AvgIpc) is 2.53. The molecule has 0 fully saturated rings. The van der Waals surface area contributed by atoms with Gasteiger partial charge in [0.2, 0.25) is 0 Å². The molecule has 2 aromatic rings. The van der Waals surface area contributed by atoms with Crippen LogP contribution in [0.5, 0.6) is 0 Å². The molecule has 3 N–H and O–H groups in total. The van der Waals surface area contributed by atoms with E-state index in [-0.39, 0.29) is 11.5 Å². The van der Waals surface area contributed by atoms with Gasteiger partial charge in [0.05, 0.1) is 6.04 Å². The van der Waals surface area contributed by atoms with Crippen LogP contribution in [0.25, 0.3) is 0 Å². The van der Waals surface area contributed by atoms with Crippen molar-refractivity contribution in [1.82, 2.24) is 10.4 Å². The molecule has 0 spiro atoms. The molecule has 0 amide bonds. The first-order chi connectivity index (χ1) is 10.2. The average molecular weight is 283 g/mol. The molecule has 0 aliphatic rings. The van der Waals surface area contributed by atoms with Crippen molar-refractivity contribution >= 4 is 0 Å². The Balaban J connectivity index is 2.54. The van der Waals surface area contributed by atoms with Gasteiger partial charge in [-0.3, -0.25) is 16.3 Å². The molecule has 0 radical (unpaired) electrons. The van der Waals surface area contributed by atoms with Crippen LogP contribution in [-0.4, -0.2) is 4.98 Å². The molecule has 1 unspecified atom stereocenters. The third-order valence-electron chi connectivity index (χ3n) is 4.56. The predicted molar refractivity (Wildman–Crippen MR) is 87.7 cm³/mol. The van der Waals surface area contributed by atoms with Crippen molar-refractivity contribution < 1.29 is 0 Å². The summed E-state index contributed by atoms with van der Waals surface area (Å²) in [6, 6.07) is 12.8. The quantitative estimate of drug-likeness (QED) is 0.628. The van der Waals surface area contributed by atoms with Gasteiger partial charge < -0.3 is 0 Å². The Bertz CT molecular complexity index is 562. The highest BCUT2D eigenvalue weighted by molar-refractivity contribution is 5.33. The maximum atomic E-state index is 5.95. The van der Waals surface area contributed by atoms with Gasteiger partial charge >= 0.3 is 0 Å². The van der Waals surface area contributed by atoms with Gasteiger partial charge in [0, 0.05) is 17.8 Å². The second kappa shape index (κ2) is 6.83. The standard InChI is InChI=1S/C18H25N3/c1-4-18(5-2,16-9-7-6-8-10-16)17(21-19)15-11-14(3)12-20-13-15/h6-13,17,21H,4-5,19H2,1-3H3. The van der Waals surface area contributed by atoms with Crippen molar-refractivity contribution in [3.05, 3.63) is 65.5 Å². The minimum Gasteiger partial charge on any atom is -0.271 e. The van der Waals surface area contributed by atoms with Crippen LogP contribution in [0.3, 0.4) is 0 Å². The fourth-order valence-electron chi connectivity index (χ4n) is 3.31. The monoisotopic (exact) mass is 283 g/mol. The van der Waals surface area contributed by atoms with Gasteiger partial charge in [0.1, 0.15) is 0 Å². The van der Waals surface area contributed by atoms with Gasteiger partial charge in [-0.1, -0.05) is 50.2 Å². The lowest BCUT2D eigenvalue weighted by atomic mass is 9.68. The van der Waals surface area contributed by atoms with E-state index in [1.807, 2.05) is 12.4 Å². The lowest BCUT2D eigenvalue weighted by Crippen LogP contribution is -2.44. The van der Waals surface area contributed by atoms with Crippen LogP contribution in [0.4, 0.5) is 0 Å². The number of rotatable bonds is 6. The van der Waals surface area contributed by atoms with Crippen molar-refractivity contribution in [2.75, 3.05) is 0 Å². The molecule has 2 rings (SSSR count). The van der Waals surface area contributed by atoms with E-state index < -0.39 is 0 Å². The van der Waals surface area contributed by atoms with Crippen LogP contribution >= 0.6 is 0 Å². The highest BCUT2D eigenvalue weighted by Gasteiger charge is 2.38. The van der Waals surface area contributed by atoms with E-state index in [4.69, 9.17) is 5.84 Å². The molecular weight excluding hydrogens is 258 g/mol. The minimum absolute atomic E-state index is 0.0362. The Morgan fingerprint density at radius 3 is 2.33 bits per heavy atom. The number of nitrogens with zero attached hydrogens (tertiary/aromatic N) is 1. The van der Waals surface area contributed by atoms with E-state index >= 15 is 0 Å². The minimum atomic E-state index is -0.0362. The third kappa shape index (κ3) is 2.99. The number of hydrogen-bond donors (Lipinski definition) is 2. The Morgan fingerprint density at radius 1 is 1.14 bits per heavy atom. The lowest BCUT2D eigenvalue weighted by Gasteiger charge is -2.40. The van der Waals surface area contributed by atoms with Crippen LogP contribution in [0.2, 0.25) is 0 Å². The van der Waals surface area contributed by atoms with Crippen molar-refractivity contribution in [3.63, 3.8) is 0 Å². The first kappa shape index (κ1) is 15.7. The second-order valence-corrected chi connectivity index (χ2v) is 5.62. The maximum Gasteiger partial charge on any atom is 0.0571 e. The van der Waals surface area contributed by atoms with Crippen LogP contribution in [0.15, 0.2) is 48.8 Å². The van der Waals surface area contributed by atoms with Gasteiger partial charge in [-0.05, 0) is 36.5 Å². The van der Waals surface area contributed by atoms with Crippen molar-refractivity contribution in [3.8, 4) is 0 Å². The van der Waals surface area contributed by atoms with E-state index in [9.17, 15) is 0 Å². The van der Waals surface area contributed by atoms with Crippen molar-refractivity contribution in [2.45, 2.75) is 45.1 Å². The van der Waals surface area contributed by atoms with Crippen LogP contribution < -0.4 is 11.3 Å². The van der Waals surface area contributed by atoms with Gasteiger partial charge in [0.25, 0.3) is 0 Å². The maximum absolute atomic E-state index is 5.95. The molecular formula is C18H25N3. The van der Waals surface area contributed by atoms with Crippen LogP contribution in [-0.2, 0) is 5.41 Å². The summed E-state index contributed by atoms with van der Waals surface area (Å²) in [6.07, 6.45) is 5.81. The molecule has 3 heteroatoms. The summed E-state index contributed by atoms with van der Waals surface area (Å²) in [5.74, 6) is 5.95. The zero-order valence-electron chi connectivity index (χ0n) is 13.1. The Morgan fingerprint density at radius 2 is 1.81 bits per heavy atom. The normalized spacial score (nSPS) is 13.1. The molecule has 1 aromatic heterocycles. The summed E-state index contributed by atoms with van der Waals surface area (Å²) in [7, 11) is 0. The number of pyridine rings is 1. The lowest BCUT2D eigenvalue weighted by molar-refractivity contribution is 0.276. The number of hydrogen-bond acceptors (Lipinski definition) is 3. The molecule has 0 saturated heterocycles. The number of nitrogens with one attached hydrogen (secondary N) is 1. The molecule has 0 bridgehead atoms. The summed E-state index contributed by atoms with van der Waals surface area (Å²) in [5, 5.41) is 0. The van der Waals surface area contributed by atoms with Crippen LogP contribution in [0, 0.1) is 6.92 Å². The van der Waals surface area contributed by atoms with E-state index in [0.717, 1.165) is 24.0 Å². The number of hydrazine groups is 1. The number of aromatic nitrogens is 1. The zero-order valence-corrected chi connectivity index (χ0v) is 13.1. The molecule has 112 valence electrons. The Kier molecular flexibility index (Phi) is 5.10. The highest BCUT2D eigenvalue weighted by atomic mass is 15.2. The second-order valence-electron chi connectivity index (χ2n) is 5.62. The molecule has 1 heterocycles. The zero-order chi connectivity index (χ0) is 15.3. The third-order valence-corrected chi connectivity index (χ3v) is 4.56. The predicted octanol–water partition coefficient (Wildman–Crippen LogP) is 3.65. The van der Waals surface area contributed by atoms with Crippen molar-refractivity contribution in [2.24, 2.45) is 5.84 Å².